The highest BCUT2D eigenvalue weighted by Gasteiger charge is 2.08. The van der Waals surface area contributed by atoms with Gasteiger partial charge in [-0.1, -0.05) is 18.2 Å². The highest BCUT2D eigenvalue weighted by Crippen LogP contribution is 2.29. The first-order valence-electron chi connectivity index (χ1n) is 5.33. The molecule has 0 unspecified atom stereocenters. The van der Waals surface area contributed by atoms with Crippen molar-refractivity contribution < 1.29 is 0 Å². The van der Waals surface area contributed by atoms with Gasteiger partial charge >= 0.3 is 0 Å². The van der Waals surface area contributed by atoms with E-state index in [1.807, 2.05) is 36.4 Å². The van der Waals surface area contributed by atoms with Gasteiger partial charge < -0.3 is 4.98 Å². The van der Waals surface area contributed by atoms with Gasteiger partial charge in [0.05, 0.1) is 5.03 Å². The minimum absolute atomic E-state index is 0.348. The van der Waals surface area contributed by atoms with Gasteiger partial charge in [-0.2, -0.15) is 5.26 Å². The van der Waals surface area contributed by atoms with E-state index in [-0.39, 0.29) is 0 Å². The maximum absolute atomic E-state index is 8.96. The third-order valence-electron chi connectivity index (χ3n) is 2.48. The zero-order chi connectivity index (χ0) is 12.4. The normalized spacial score (nSPS) is 10.4. The summed E-state index contributed by atoms with van der Waals surface area (Å²) in [6.45, 7) is 0. The predicted molar refractivity (Wildman–Crippen MR) is 69.2 cm³/mol. The van der Waals surface area contributed by atoms with Gasteiger partial charge in [-0.3, -0.25) is 0 Å². The Balaban J connectivity index is 1.99. The predicted octanol–water partition coefficient (Wildman–Crippen LogP) is 2.98. The lowest BCUT2D eigenvalue weighted by molar-refractivity contribution is 1.02. The molecule has 2 aromatic heterocycles. The number of fused-ring (bicyclic) bond motifs is 1. The molecule has 0 amide bonds. The van der Waals surface area contributed by atoms with Gasteiger partial charge in [-0.25, -0.2) is 9.97 Å². The summed E-state index contributed by atoms with van der Waals surface area (Å²) < 4.78 is 0. The fourth-order valence-electron chi connectivity index (χ4n) is 1.68. The van der Waals surface area contributed by atoms with Crippen molar-refractivity contribution in [3.63, 3.8) is 0 Å². The SMILES string of the molecule is N#Cc1nccnc1Sc1cc2ccccc2[nH]1. The molecule has 0 aliphatic rings. The van der Waals surface area contributed by atoms with Crippen LogP contribution in [0, 0.1) is 11.3 Å². The molecule has 0 aliphatic carbocycles. The average Bonchev–Trinajstić information content (AvgIpc) is 2.81. The van der Waals surface area contributed by atoms with Crippen LogP contribution in [0.1, 0.15) is 5.69 Å². The van der Waals surface area contributed by atoms with Gasteiger partial charge in [-0.15, -0.1) is 0 Å². The van der Waals surface area contributed by atoms with Gasteiger partial charge in [0, 0.05) is 23.3 Å². The lowest BCUT2D eigenvalue weighted by Gasteiger charge is -1.98. The molecule has 0 saturated heterocycles. The molecule has 3 rings (SSSR count). The number of H-pyrrole nitrogens is 1. The number of nitrogens with one attached hydrogen (secondary N) is 1. The summed E-state index contributed by atoms with van der Waals surface area (Å²) in [6, 6.07) is 12.1. The molecule has 1 aromatic carbocycles. The molecule has 3 aromatic rings. The monoisotopic (exact) mass is 252 g/mol. The average molecular weight is 252 g/mol. The third kappa shape index (κ3) is 1.94. The van der Waals surface area contributed by atoms with Crippen LogP contribution in [0.15, 0.2) is 52.8 Å². The van der Waals surface area contributed by atoms with E-state index in [0.29, 0.717) is 10.7 Å². The molecule has 0 radical (unpaired) electrons. The van der Waals surface area contributed by atoms with Crippen molar-refractivity contribution in [3.8, 4) is 6.07 Å². The van der Waals surface area contributed by atoms with Crippen LogP contribution in [0.3, 0.4) is 0 Å². The van der Waals surface area contributed by atoms with E-state index in [9.17, 15) is 0 Å². The van der Waals surface area contributed by atoms with Crippen molar-refractivity contribution in [3.05, 3.63) is 48.4 Å². The van der Waals surface area contributed by atoms with Crippen molar-refractivity contribution in [1.29, 1.82) is 5.26 Å². The zero-order valence-electron chi connectivity index (χ0n) is 9.29. The van der Waals surface area contributed by atoms with E-state index in [4.69, 9.17) is 5.26 Å². The van der Waals surface area contributed by atoms with Crippen LogP contribution in [0.2, 0.25) is 0 Å². The second-order valence-electron chi connectivity index (χ2n) is 3.64. The van der Waals surface area contributed by atoms with Gasteiger partial charge in [0.25, 0.3) is 0 Å². The summed E-state index contributed by atoms with van der Waals surface area (Å²) in [5.41, 5.74) is 1.42. The summed E-state index contributed by atoms with van der Waals surface area (Å²) in [5.74, 6) is 0. The second-order valence-corrected chi connectivity index (χ2v) is 4.68. The Morgan fingerprint density at radius 1 is 1.17 bits per heavy atom. The lowest BCUT2D eigenvalue weighted by atomic mass is 10.3. The van der Waals surface area contributed by atoms with Gasteiger partial charge in [0.1, 0.15) is 11.1 Å². The third-order valence-corrected chi connectivity index (χ3v) is 3.41. The Morgan fingerprint density at radius 3 is 2.83 bits per heavy atom. The number of aromatic nitrogens is 3. The van der Waals surface area contributed by atoms with E-state index in [0.717, 1.165) is 15.9 Å². The van der Waals surface area contributed by atoms with Crippen LogP contribution < -0.4 is 0 Å². The van der Waals surface area contributed by atoms with Crippen LogP contribution in [-0.2, 0) is 0 Å². The minimum Gasteiger partial charge on any atom is -0.349 e. The quantitative estimate of drug-likeness (QED) is 0.761. The van der Waals surface area contributed by atoms with Crippen LogP contribution in [0.5, 0.6) is 0 Å². The Bertz CT molecular complexity index is 709. The van der Waals surface area contributed by atoms with E-state index in [2.05, 4.69) is 15.0 Å². The Labute approximate surface area is 108 Å². The summed E-state index contributed by atoms with van der Waals surface area (Å²) >= 11 is 1.41. The van der Waals surface area contributed by atoms with Crippen molar-refractivity contribution in [1.82, 2.24) is 15.0 Å². The molecule has 5 heteroatoms. The number of para-hydroxylation sites is 1. The first-order valence-corrected chi connectivity index (χ1v) is 6.15. The number of aromatic amines is 1. The number of hydrogen-bond donors (Lipinski definition) is 1. The molecule has 0 aliphatic heterocycles. The number of nitrogens with zero attached hydrogens (tertiary/aromatic N) is 3. The summed E-state index contributed by atoms with van der Waals surface area (Å²) in [5, 5.41) is 11.7. The van der Waals surface area contributed by atoms with E-state index in [1.54, 1.807) is 6.20 Å². The van der Waals surface area contributed by atoms with Crippen LogP contribution in [0.25, 0.3) is 10.9 Å². The number of hydrogen-bond acceptors (Lipinski definition) is 4. The van der Waals surface area contributed by atoms with E-state index in [1.165, 1.54) is 18.0 Å². The van der Waals surface area contributed by atoms with Gasteiger partial charge in [-0.05, 0) is 23.9 Å². The molecule has 0 spiro atoms. The van der Waals surface area contributed by atoms with Crippen LogP contribution in [-0.4, -0.2) is 15.0 Å². The van der Waals surface area contributed by atoms with Gasteiger partial charge in [0.2, 0.25) is 0 Å². The maximum atomic E-state index is 8.96. The molecule has 2 heterocycles. The van der Waals surface area contributed by atoms with Crippen molar-refractivity contribution >= 4 is 22.7 Å². The molecule has 86 valence electrons. The maximum Gasteiger partial charge on any atom is 0.173 e. The van der Waals surface area contributed by atoms with E-state index >= 15 is 0 Å². The molecular weight excluding hydrogens is 244 g/mol. The lowest BCUT2D eigenvalue weighted by Crippen LogP contribution is -1.89. The van der Waals surface area contributed by atoms with Gasteiger partial charge in [0.15, 0.2) is 5.69 Å². The molecule has 0 saturated carbocycles. The molecule has 18 heavy (non-hydrogen) atoms. The summed E-state index contributed by atoms with van der Waals surface area (Å²) in [7, 11) is 0. The van der Waals surface area contributed by atoms with Crippen LogP contribution in [0.4, 0.5) is 0 Å². The fraction of sp³-hybridized carbons (Fsp3) is 0. The number of benzene rings is 1. The highest BCUT2D eigenvalue weighted by atomic mass is 32.2. The number of rotatable bonds is 2. The molecular formula is C13H8N4S. The molecule has 1 N–H and O–H groups in total. The fourth-order valence-corrected chi connectivity index (χ4v) is 2.55. The summed E-state index contributed by atoms with van der Waals surface area (Å²) in [4.78, 5) is 11.4. The molecule has 0 atom stereocenters. The van der Waals surface area contributed by atoms with Crippen molar-refractivity contribution in [2.75, 3.05) is 0 Å². The number of nitriles is 1. The largest absolute Gasteiger partial charge is 0.349 e. The molecule has 0 bridgehead atoms. The van der Waals surface area contributed by atoms with Crippen LogP contribution >= 0.6 is 11.8 Å². The topological polar surface area (TPSA) is 65.4 Å². The molecule has 4 nitrogen and oxygen atoms in total. The first-order chi connectivity index (χ1) is 8.86. The first kappa shape index (κ1) is 10.8. The minimum atomic E-state index is 0.348. The molecule has 0 fully saturated rings. The highest BCUT2D eigenvalue weighted by molar-refractivity contribution is 7.99. The Morgan fingerprint density at radius 2 is 2.00 bits per heavy atom. The Hall–Kier alpha value is -2.32. The second kappa shape index (κ2) is 4.51. The zero-order valence-corrected chi connectivity index (χ0v) is 10.1. The Kier molecular flexibility index (Phi) is 2.71. The van der Waals surface area contributed by atoms with E-state index < -0.39 is 0 Å². The smallest absolute Gasteiger partial charge is 0.173 e. The van der Waals surface area contributed by atoms with Crippen molar-refractivity contribution in [2.24, 2.45) is 0 Å². The standard InChI is InChI=1S/C13H8N4S/c14-8-11-13(16-6-5-15-11)18-12-7-9-3-1-2-4-10(9)17-12/h1-7,17H. The summed E-state index contributed by atoms with van der Waals surface area (Å²) in [6.07, 6.45) is 3.11. The van der Waals surface area contributed by atoms with Crippen molar-refractivity contribution in [2.45, 2.75) is 10.1 Å².